The van der Waals surface area contributed by atoms with Gasteiger partial charge >= 0.3 is 0 Å². The van der Waals surface area contributed by atoms with E-state index in [1.54, 1.807) is 14.2 Å². The highest BCUT2D eigenvalue weighted by molar-refractivity contribution is 6.76. The van der Waals surface area contributed by atoms with Crippen LogP contribution in [0.5, 0.6) is 11.5 Å². The normalized spacial score (nSPS) is 11.9. The second-order valence-electron chi connectivity index (χ2n) is 11.5. The lowest BCUT2D eigenvalue weighted by atomic mass is 9.95. The molecule has 1 N–H and O–H groups in total. The fourth-order valence-electron chi connectivity index (χ4n) is 4.49. The monoisotopic (exact) mass is 543 g/mol. The molecule has 0 aliphatic heterocycles. The third-order valence-electron chi connectivity index (χ3n) is 6.81. The molecular formula is C32H41N3O3Si. The summed E-state index contributed by atoms with van der Waals surface area (Å²) in [5.41, 5.74) is 4.64. The number of benzene rings is 3. The van der Waals surface area contributed by atoms with Crippen molar-refractivity contribution in [1.29, 1.82) is 0 Å². The minimum absolute atomic E-state index is 0.370. The summed E-state index contributed by atoms with van der Waals surface area (Å²) in [6.45, 7) is 12.5. The van der Waals surface area contributed by atoms with Crippen LogP contribution in [0.2, 0.25) is 25.7 Å². The molecule has 0 fully saturated rings. The van der Waals surface area contributed by atoms with Crippen molar-refractivity contribution in [3.63, 3.8) is 0 Å². The van der Waals surface area contributed by atoms with E-state index >= 15 is 0 Å². The van der Waals surface area contributed by atoms with Gasteiger partial charge in [0.1, 0.15) is 6.73 Å². The Bertz CT molecular complexity index is 1360. The lowest BCUT2D eigenvalue weighted by molar-refractivity contribution is 0.0893. The van der Waals surface area contributed by atoms with Gasteiger partial charge in [-0.15, -0.1) is 0 Å². The smallest absolute Gasteiger partial charge is 0.206 e. The van der Waals surface area contributed by atoms with Gasteiger partial charge in [-0.1, -0.05) is 80.3 Å². The highest BCUT2D eigenvalue weighted by Crippen LogP contribution is 2.40. The number of methoxy groups -OCH3 is 2. The van der Waals surface area contributed by atoms with E-state index in [9.17, 15) is 0 Å². The minimum Gasteiger partial charge on any atom is -0.493 e. The number of nitrogens with zero attached hydrogens (tertiary/aromatic N) is 2. The molecule has 1 aromatic heterocycles. The first-order valence-corrected chi connectivity index (χ1v) is 17.1. The van der Waals surface area contributed by atoms with Crippen LogP contribution in [-0.2, 0) is 17.0 Å². The molecule has 39 heavy (non-hydrogen) atoms. The van der Waals surface area contributed by atoms with Crippen LogP contribution in [0.1, 0.15) is 19.4 Å². The van der Waals surface area contributed by atoms with Gasteiger partial charge in [0.2, 0.25) is 5.95 Å². The Morgan fingerprint density at radius 1 is 0.821 bits per heavy atom. The molecule has 0 saturated carbocycles. The first-order valence-electron chi connectivity index (χ1n) is 13.4. The first-order chi connectivity index (χ1) is 18.6. The van der Waals surface area contributed by atoms with Gasteiger partial charge in [0, 0.05) is 25.8 Å². The molecule has 4 rings (SSSR count). The average Bonchev–Trinajstić information content (AvgIpc) is 3.28. The van der Waals surface area contributed by atoms with Crippen molar-refractivity contribution < 1.29 is 14.2 Å². The van der Waals surface area contributed by atoms with Gasteiger partial charge < -0.3 is 19.5 Å². The maximum atomic E-state index is 6.33. The molecule has 0 amide bonds. The molecular weight excluding hydrogens is 502 g/mol. The second kappa shape index (κ2) is 12.1. The van der Waals surface area contributed by atoms with Gasteiger partial charge in [-0.2, -0.15) is 0 Å². The van der Waals surface area contributed by atoms with Crippen LogP contribution in [0.4, 0.5) is 5.95 Å². The van der Waals surface area contributed by atoms with Crippen molar-refractivity contribution in [2.75, 3.05) is 26.1 Å². The Kier molecular flexibility index (Phi) is 8.82. The van der Waals surface area contributed by atoms with Crippen LogP contribution in [0.25, 0.3) is 22.5 Å². The Balaban J connectivity index is 1.87. The topological polar surface area (TPSA) is 57.5 Å². The number of anilines is 1. The van der Waals surface area contributed by atoms with E-state index in [1.807, 2.05) is 36.4 Å². The third kappa shape index (κ3) is 6.91. The number of hydrogen-bond acceptors (Lipinski definition) is 5. The molecule has 0 atom stereocenters. The van der Waals surface area contributed by atoms with Gasteiger partial charge in [-0.05, 0) is 43.7 Å². The molecule has 0 saturated heterocycles. The van der Waals surface area contributed by atoms with Crippen LogP contribution in [0.3, 0.4) is 0 Å². The average molecular weight is 544 g/mol. The molecule has 1 heterocycles. The van der Waals surface area contributed by atoms with Crippen molar-refractivity contribution in [1.82, 2.24) is 9.55 Å². The Labute approximate surface area is 234 Å². The number of rotatable bonds is 12. The Hall–Kier alpha value is -3.55. The van der Waals surface area contributed by atoms with E-state index in [0.717, 1.165) is 34.5 Å². The number of imidazole rings is 1. The van der Waals surface area contributed by atoms with E-state index in [0.29, 0.717) is 24.8 Å². The zero-order chi connectivity index (χ0) is 28.0. The largest absolute Gasteiger partial charge is 0.493 e. The summed E-state index contributed by atoms with van der Waals surface area (Å²) in [4.78, 5) is 5.20. The fraction of sp³-hybridized carbons (Fsp3) is 0.344. The van der Waals surface area contributed by atoms with Crippen LogP contribution >= 0.6 is 0 Å². The Morgan fingerprint density at radius 2 is 1.46 bits per heavy atom. The summed E-state index contributed by atoms with van der Waals surface area (Å²) in [7, 11) is 2.07. The summed E-state index contributed by atoms with van der Waals surface area (Å²) >= 11 is 0. The lowest BCUT2D eigenvalue weighted by Crippen LogP contribution is -2.30. The number of ether oxygens (including phenoxy) is 3. The summed E-state index contributed by atoms with van der Waals surface area (Å²) in [5.74, 6) is 2.10. The number of hydrogen-bond donors (Lipinski definition) is 1. The predicted molar refractivity (Wildman–Crippen MR) is 163 cm³/mol. The predicted octanol–water partition coefficient (Wildman–Crippen LogP) is 7.89. The molecule has 6 nitrogen and oxygen atoms in total. The first kappa shape index (κ1) is 28.5. The van der Waals surface area contributed by atoms with Crippen molar-refractivity contribution in [3.8, 4) is 34.0 Å². The van der Waals surface area contributed by atoms with Gasteiger partial charge in [0.25, 0.3) is 0 Å². The summed E-state index contributed by atoms with van der Waals surface area (Å²) < 4.78 is 19.7. The van der Waals surface area contributed by atoms with Crippen LogP contribution in [-0.4, -0.2) is 38.5 Å². The molecule has 0 aliphatic carbocycles. The molecule has 3 aromatic carbocycles. The quantitative estimate of drug-likeness (QED) is 0.145. The molecule has 0 radical (unpaired) electrons. The van der Waals surface area contributed by atoms with Crippen molar-refractivity contribution in [2.24, 2.45) is 0 Å². The van der Waals surface area contributed by atoms with E-state index in [1.165, 1.54) is 5.56 Å². The van der Waals surface area contributed by atoms with E-state index in [4.69, 9.17) is 19.2 Å². The molecule has 7 heteroatoms. The third-order valence-corrected chi connectivity index (χ3v) is 8.51. The lowest BCUT2D eigenvalue weighted by Gasteiger charge is -2.28. The molecule has 206 valence electrons. The molecule has 0 unspecified atom stereocenters. The van der Waals surface area contributed by atoms with Crippen LogP contribution in [0.15, 0.2) is 78.9 Å². The van der Waals surface area contributed by atoms with Gasteiger partial charge in [0.05, 0.1) is 31.1 Å². The van der Waals surface area contributed by atoms with Crippen LogP contribution in [0, 0.1) is 0 Å². The zero-order valence-electron chi connectivity index (χ0n) is 24.2. The summed E-state index contributed by atoms with van der Waals surface area (Å²) in [6, 6.07) is 27.8. The van der Waals surface area contributed by atoms with Crippen LogP contribution < -0.4 is 14.8 Å². The van der Waals surface area contributed by atoms with Crippen molar-refractivity contribution in [2.45, 2.75) is 51.8 Å². The zero-order valence-corrected chi connectivity index (χ0v) is 25.2. The maximum absolute atomic E-state index is 6.33. The van der Waals surface area contributed by atoms with Gasteiger partial charge in [0.15, 0.2) is 11.5 Å². The van der Waals surface area contributed by atoms with Crippen molar-refractivity contribution in [3.05, 3.63) is 84.4 Å². The van der Waals surface area contributed by atoms with Crippen molar-refractivity contribution >= 4 is 14.0 Å². The highest BCUT2D eigenvalue weighted by atomic mass is 28.3. The van der Waals surface area contributed by atoms with E-state index < -0.39 is 8.07 Å². The van der Waals surface area contributed by atoms with Gasteiger partial charge in [-0.25, -0.2) is 4.98 Å². The van der Waals surface area contributed by atoms with E-state index in [-0.39, 0.29) is 5.54 Å². The molecule has 0 bridgehead atoms. The minimum atomic E-state index is -1.24. The van der Waals surface area contributed by atoms with Gasteiger partial charge in [-0.3, -0.25) is 4.57 Å². The second-order valence-corrected chi connectivity index (χ2v) is 17.1. The maximum Gasteiger partial charge on any atom is 0.206 e. The van der Waals surface area contributed by atoms with E-state index in [2.05, 4.69) is 85.8 Å². The number of aromatic nitrogens is 2. The molecule has 0 spiro atoms. The SMILES string of the molecule is COc1ccc(-c2c(-c3ccccc3)nc(NC(C)(C)c3ccccc3)n2COCC[Si](C)(C)C)cc1OC. The molecule has 4 aromatic rings. The molecule has 0 aliphatic rings. The number of nitrogens with one attached hydrogen (secondary N) is 1. The Morgan fingerprint density at radius 3 is 2.08 bits per heavy atom. The highest BCUT2D eigenvalue weighted by Gasteiger charge is 2.27. The summed E-state index contributed by atoms with van der Waals surface area (Å²) in [5, 5.41) is 3.74. The standard InChI is InChI=1S/C32H41N3O3Si/c1-32(2,26-16-12-9-13-17-26)34-31-33-29(24-14-10-8-11-15-24)30(35(31)23-38-20-21-39(5,6)7)25-18-19-27(36-3)28(22-25)37-4/h8-19,22H,20-21,23H2,1-7H3,(H,33,34). The fourth-order valence-corrected chi connectivity index (χ4v) is 5.24. The summed E-state index contributed by atoms with van der Waals surface area (Å²) in [6.07, 6.45) is 0.